The van der Waals surface area contributed by atoms with E-state index in [1.165, 1.54) is 32.1 Å². The smallest absolute Gasteiger partial charge is 0.225 e. The number of nitrogens with zero attached hydrogens (tertiary/aromatic N) is 4. The molecule has 0 bridgehead atoms. The fraction of sp³-hybridized carbons (Fsp3) is 0.524. The van der Waals surface area contributed by atoms with Crippen molar-refractivity contribution in [2.45, 2.75) is 58.4 Å². The van der Waals surface area contributed by atoms with Crippen LogP contribution in [-0.4, -0.2) is 33.9 Å². The Bertz CT molecular complexity index is 741. The molecule has 2 aromatic heterocycles. The summed E-state index contributed by atoms with van der Waals surface area (Å²) in [6, 6.07) is 3.59. The highest BCUT2D eigenvalue weighted by atomic mass is 16.1. The second-order valence-corrected chi connectivity index (χ2v) is 7.29. The van der Waals surface area contributed by atoms with Gasteiger partial charge in [0, 0.05) is 42.9 Å². The molecule has 0 radical (unpaired) electrons. The van der Waals surface area contributed by atoms with Crippen molar-refractivity contribution in [3.05, 3.63) is 47.5 Å². The Kier molecular flexibility index (Phi) is 6.74. The first-order valence-corrected chi connectivity index (χ1v) is 9.90. The fourth-order valence-corrected chi connectivity index (χ4v) is 3.55. The van der Waals surface area contributed by atoms with Gasteiger partial charge in [-0.3, -0.25) is 9.78 Å². The molecule has 0 aromatic carbocycles. The number of carbonyl (C=O) groups is 1. The summed E-state index contributed by atoms with van der Waals surface area (Å²) < 4.78 is 0. The van der Waals surface area contributed by atoms with Crippen molar-refractivity contribution in [1.29, 1.82) is 0 Å². The van der Waals surface area contributed by atoms with Gasteiger partial charge in [-0.25, -0.2) is 9.97 Å². The van der Waals surface area contributed by atoms with E-state index >= 15 is 0 Å². The number of rotatable bonds is 5. The Hall–Kier alpha value is -2.50. The van der Waals surface area contributed by atoms with Crippen LogP contribution in [0, 0.1) is 6.92 Å². The Morgan fingerprint density at radius 1 is 1.15 bits per heavy atom. The normalized spacial score (nSPS) is 16.3. The minimum atomic E-state index is -0.124. The molecule has 1 aliphatic rings. The molecule has 3 rings (SSSR count). The van der Waals surface area contributed by atoms with Gasteiger partial charge in [0.05, 0.1) is 12.5 Å². The predicted molar refractivity (Wildman–Crippen MR) is 107 cm³/mol. The molecule has 1 fully saturated rings. The summed E-state index contributed by atoms with van der Waals surface area (Å²) in [6.07, 6.45) is 11.9. The van der Waals surface area contributed by atoms with Gasteiger partial charge in [-0.2, -0.15) is 0 Å². The van der Waals surface area contributed by atoms with Crippen LogP contribution in [0.4, 0.5) is 5.95 Å². The van der Waals surface area contributed by atoms with Crippen LogP contribution in [0.25, 0.3) is 0 Å². The molecule has 6 nitrogen and oxygen atoms in total. The number of carbonyl (C=O) groups excluding carboxylic acids is 1. The average molecular weight is 367 g/mol. The molecular weight excluding hydrogens is 338 g/mol. The van der Waals surface area contributed by atoms with Crippen LogP contribution in [0.3, 0.4) is 0 Å². The molecule has 0 unspecified atom stereocenters. The summed E-state index contributed by atoms with van der Waals surface area (Å²) >= 11 is 0. The number of amides is 1. The number of hydrogen-bond donors (Lipinski definition) is 1. The van der Waals surface area contributed by atoms with Crippen molar-refractivity contribution in [2.75, 3.05) is 18.0 Å². The quantitative estimate of drug-likeness (QED) is 0.877. The summed E-state index contributed by atoms with van der Waals surface area (Å²) in [5, 5.41) is 3.05. The molecule has 1 aliphatic heterocycles. The third-order valence-corrected chi connectivity index (χ3v) is 5.10. The van der Waals surface area contributed by atoms with Crippen molar-refractivity contribution >= 4 is 11.9 Å². The van der Waals surface area contributed by atoms with Crippen LogP contribution in [0.5, 0.6) is 0 Å². The zero-order valence-electron chi connectivity index (χ0n) is 16.3. The molecule has 0 aliphatic carbocycles. The summed E-state index contributed by atoms with van der Waals surface area (Å²) in [6.45, 7) is 6.02. The Labute approximate surface area is 161 Å². The molecule has 2 aromatic rings. The predicted octanol–water partition coefficient (Wildman–Crippen LogP) is 3.37. The largest absolute Gasteiger partial charge is 0.349 e. The van der Waals surface area contributed by atoms with Crippen LogP contribution in [0.15, 0.2) is 30.7 Å². The van der Waals surface area contributed by atoms with E-state index in [1.54, 1.807) is 12.4 Å². The lowest BCUT2D eigenvalue weighted by molar-refractivity contribution is -0.121. The highest BCUT2D eigenvalue weighted by molar-refractivity contribution is 5.78. The number of hydrogen-bond acceptors (Lipinski definition) is 5. The first-order chi connectivity index (χ1) is 13.1. The Morgan fingerprint density at radius 3 is 2.48 bits per heavy atom. The zero-order valence-corrected chi connectivity index (χ0v) is 16.3. The molecule has 0 spiro atoms. The maximum atomic E-state index is 12.3. The van der Waals surface area contributed by atoms with Gasteiger partial charge in [0.1, 0.15) is 0 Å². The van der Waals surface area contributed by atoms with Crippen molar-refractivity contribution in [3.8, 4) is 0 Å². The van der Waals surface area contributed by atoms with Crippen molar-refractivity contribution < 1.29 is 4.79 Å². The van der Waals surface area contributed by atoms with E-state index in [9.17, 15) is 4.79 Å². The van der Waals surface area contributed by atoms with Crippen LogP contribution in [0.1, 0.15) is 61.9 Å². The van der Waals surface area contributed by atoms with Crippen LogP contribution < -0.4 is 10.2 Å². The summed E-state index contributed by atoms with van der Waals surface area (Å²) in [5.41, 5.74) is 2.85. The molecule has 1 N–H and O–H groups in total. The third-order valence-electron chi connectivity index (χ3n) is 5.10. The number of aromatic nitrogens is 3. The van der Waals surface area contributed by atoms with Gasteiger partial charge in [-0.05, 0) is 44.4 Å². The topological polar surface area (TPSA) is 71.0 Å². The highest BCUT2D eigenvalue weighted by Crippen LogP contribution is 2.20. The SMILES string of the molecule is Cc1nc(N2CCCCCCC2)ncc1[C@H](C)NC(=O)Cc1ccncc1. The lowest BCUT2D eigenvalue weighted by Gasteiger charge is -2.25. The second-order valence-electron chi connectivity index (χ2n) is 7.29. The summed E-state index contributed by atoms with van der Waals surface area (Å²) in [5.74, 6) is 0.800. The van der Waals surface area contributed by atoms with Gasteiger partial charge in [-0.15, -0.1) is 0 Å². The Morgan fingerprint density at radius 2 is 1.81 bits per heavy atom. The number of anilines is 1. The van der Waals surface area contributed by atoms with Gasteiger partial charge in [0.25, 0.3) is 0 Å². The van der Waals surface area contributed by atoms with Crippen molar-refractivity contribution in [1.82, 2.24) is 20.3 Å². The van der Waals surface area contributed by atoms with Crippen molar-refractivity contribution in [2.24, 2.45) is 0 Å². The van der Waals surface area contributed by atoms with Gasteiger partial charge in [0.2, 0.25) is 11.9 Å². The lowest BCUT2D eigenvalue weighted by atomic mass is 10.1. The van der Waals surface area contributed by atoms with E-state index in [1.807, 2.05) is 32.2 Å². The summed E-state index contributed by atoms with van der Waals surface area (Å²) in [4.78, 5) is 27.9. The third kappa shape index (κ3) is 5.49. The molecule has 0 saturated carbocycles. The van der Waals surface area contributed by atoms with Crippen LogP contribution >= 0.6 is 0 Å². The molecule has 1 saturated heterocycles. The molecule has 3 heterocycles. The van der Waals surface area contributed by atoms with E-state index in [-0.39, 0.29) is 11.9 Å². The van der Waals surface area contributed by atoms with E-state index in [2.05, 4.69) is 20.2 Å². The standard InChI is InChI=1S/C21H29N5O/c1-16(24-20(27)14-18-8-10-22-11-9-18)19-15-23-21(25-17(19)2)26-12-6-4-3-5-7-13-26/h8-11,15-16H,3-7,12-14H2,1-2H3,(H,24,27)/t16-/m0/s1. The molecule has 1 amide bonds. The highest BCUT2D eigenvalue weighted by Gasteiger charge is 2.17. The first-order valence-electron chi connectivity index (χ1n) is 9.90. The molecule has 1 atom stereocenters. The maximum Gasteiger partial charge on any atom is 0.225 e. The first kappa shape index (κ1) is 19.3. The number of pyridine rings is 1. The summed E-state index contributed by atoms with van der Waals surface area (Å²) in [7, 11) is 0. The average Bonchev–Trinajstić information content (AvgIpc) is 2.62. The molecule has 144 valence electrons. The lowest BCUT2D eigenvalue weighted by Crippen LogP contribution is -2.31. The minimum absolute atomic E-state index is 0.0130. The fourth-order valence-electron chi connectivity index (χ4n) is 3.55. The second kappa shape index (κ2) is 9.44. The van der Waals surface area contributed by atoms with E-state index in [0.29, 0.717) is 6.42 Å². The van der Waals surface area contributed by atoms with Gasteiger partial charge in [0.15, 0.2) is 0 Å². The zero-order chi connectivity index (χ0) is 19.1. The number of aryl methyl sites for hydroxylation is 1. The monoisotopic (exact) mass is 367 g/mol. The van der Waals surface area contributed by atoms with E-state index < -0.39 is 0 Å². The van der Waals surface area contributed by atoms with E-state index in [4.69, 9.17) is 4.98 Å². The van der Waals surface area contributed by atoms with Gasteiger partial charge >= 0.3 is 0 Å². The number of nitrogens with one attached hydrogen (secondary N) is 1. The molecule has 27 heavy (non-hydrogen) atoms. The van der Waals surface area contributed by atoms with Gasteiger partial charge < -0.3 is 10.2 Å². The molecule has 6 heteroatoms. The van der Waals surface area contributed by atoms with Crippen molar-refractivity contribution in [3.63, 3.8) is 0 Å². The maximum absolute atomic E-state index is 12.3. The Balaban J connectivity index is 1.63. The van der Waals surface area contributed by atoms with E-state index in [0.717, 1.165) is 35.9 Å². The van der Waals surface area contributed by atoms with Gasteiger partial charge in [-0.1, -0.05) is 19.3 Å². The minimum Gasteiger partial charge on any atom is -0.349 e. The van der Waals surface area contributed by atoms with Crippen LogP contribution in [-0.2, 0) is 11.2 Å². The van der Waals surface area contributed by atoms with Crippen LogP contribution in [0.2, 0.25) is 0 Å². The molecular formula is C21H29N5O.